The van der Waals surface area contributed by atoms with Gasteiger partial charge in [-0.05, 0) is 30.5 Å². The second-order valence-corrected chi connectivity index (χ2v) is 5.51. The van der Waals surface area contributed by atoms with Crippen molar-refractivity contribution in [3.63, 3.8) is 0 Å². The zero-order valence-corrected chi connectivity index (χ0v) is 13.6. The number of alkyl halides is 3. The normalized spacial score (nSPS) is 11.2. The van der Waals surface area contributed by atoms with E-state index in [1.807, 2.05) is 30.3 Å². The van der Waals surface area contributed by atoms with Gasteiger partial charge in [0, 0.05) is 25.7 Å². The number of hydrogen-bond donors (Lipinski definition) is 2. The molecule has 2 aromatic rings. The standard InChI is InChI=1S/C18H20F3N3O/c19-18(20,21)15-9-5-11-23-17(15)24-13-12-22-16(25)10-4-8-14-6-2-1-3-7-14/h1-3,5-7,9,11H,4,8,10,12-13H2,(H,22,25)(H,23,24). The van der Waals surface area contributed by atoms with Gasteiger partial charge in [-0.15, -0.1) is 0 Å². The molecule has 2 N–H and O–H groups in total. The number of carbonyl (C=O) groups is 1. The van der Waals surface area contributed by atoms with E-state index < -0.39 is 11.7 Å². The second-order valence-electron chi connectivity index (χ2n) is 5.51. The smallest absolute Gasteiger partial charge is 0.368 e. The summed E-state index contributed by atoms with van der Waals surface area (Å²) in [5.74, 6) is -0.344. The summed E-state index contributed by atoms with van der Waals surface area (Å²) in [4.78, 5) is 15.4. The Hall–Kier alpha value is -2.57. The molecule has 0 radical (unpaired) electrons. The van der Waals surface area contributed by atoms with Gasteiger partial charge in [-0.1, -0.05) is 30.3 Å². The third-order valence-electron chi connectivity index (χ3n) is 3.56. The van der Waals surface area contributed by atoms with Gasteiger partial charge in [-0.25, -0.2) is 4.98 Å². The number of hydrogen-bond acceptors (Lipinski definition) is 3. The first-order chi connectivity index (χ1) is 12.0. The summed E-state index contributed by atoms with van der Waals surface area (Å²) < 4.78 is 38.4. The maximum absolute atomic E-state index is 12.8. The van der Waals surface area contributed by atoms with Crippen LogP contribution in [0.4, 0.5) is 19.0 Å². The molecule has 1 heterocycles. The molecule has 0 aliphatic heterocycles. The minimum Gasteiger partial charge on any atom is -0.368 e. The van der Waals surface area contributed by atoms with Crippen LogP contribution in [0, 0.1) is 0 Å². The van der Waals surface area contributed by atoms with E-state index in [9.17, 15) is 18.0 Å². The Kier molecular flexibility index (Phi) is 6.80. The second kappa shape index (κ2) is 9.05. The van der Waals surface area contributed by atoms with Crippen molar-refractivity contribution in [2.45, 2.75) is 25.4 Å². The van der Waals surface area contributed by atoms with E-state index in [1.165, 1.54) is 17.8 Å². The SMILES string of the molecule is O=C(CCCc1ccccc1)NCCNc1ncccc1C(F)(F)F. The Bertz CT molecular complexity index is 675. The fourth-order valence-electron chi connectivity index (χ4n) is 2.34. The number of nitrogens with one attached hydrogen (secondary N) is 2. The molecule has 1 aromatic heterocycles. The van der Waals surface area contributed by atoms with Crippen molar-refractivity contribution in [2.24, 2.45) is 0 Å². The van der Waals surface area contributed by atoms with Gasteiger partial charge in [0.25, 0.3) is 0 Å². The molecule has 0 aliphatic carbocycles. The molecule has 0 unspecified atom stereocenters. The van der Waals surface area contributed by atoms with Crippen LogP contribution in [0.25, 0.3) is 0 Å². The van der Waals surface area contributed by atoms with E-state index >= 15 is 0 Å². The van der Waals surface area contributed by atoms with Crippen LogP contribution >= 0.6 is 0 Å². The highest BCUT2D eigenvalue weighted by molar-refractivity contribution is 5.75. The minimum absolute atomic E-state index is 0.116. The lowest BCUT2D eigenvalue weighted by Crippen LogP contribution is -2.29. The van der Waals surface area contributed by atoms with Crippen molar-refractivity contribution in [1.29, 1.82) is 0 Å². The molecule has 0 spiro atoms. The minimum atomic E-state index is -4.46. The van der Waals surface area contributed by atoms with E-state index in [2.05, 4.69) is 15.6 Å². The first-order valence-electron chi connectivity index (χ1n) is 8.03. The molecule has 0 fully saturated rings. The highest BCUT2D eigenvalue weighted by Crippen LogP contribution is 2.33. The Morgan fingerprint density at radius 3 is 2.52 bits per heavy atom. The lowest BCUT2D eigenvalue weighted by Gasteiger charge is -2.13. The summed E-state index contributed by atoms with van der Waals surface area (Å²) in [6.45, 7) is 0.405. The number of pyridine rings is 1. The van der Waals surface area contributed by atoms with E-state index in [0.717, 1.165) is 18.9 Å². The number of aryl methyl sites for hydroxylation is 1. The molecule has 0 saturated heterocycles. The van der Waals surface area contributed by atoms with Crippen molar-refractivity contribution in [3.8, 4) is 0 Å². The zero-order valence-electron chi connectivity index (χ0n) is 13.6. The Labute approximate surface area is 144 Å². The van der Waals surface area contributed by atoms with Gasteiger partial charge < -0.3 is 10.6 Å². The van der Waals surface area contributed by atoms with Gasteiger partial charge in [0.2, 0.25) is 5.91 Å². The number of carbonyl (C=O) groups excluding carboxylic acids is 1. The van der Waals surface area contributed by atoms with Gasteiger partial charge in [0.05, 0.1) is 5.56 Å². The maximum Gasteiger partial charge on any atom is 0.419 e. The Morgan fingerprint density at radius 2 is 1.80 bits per heavy atom. The molecule has 0 bridgehead atoms. The number of rotatable bonds is 8. The van der Waals surface area contributed by atoms with Crippen molar-refractivity contribution in [2.75, 3.05) is 18.4 Å². The number of amides is 1. The van der Waals surface area contributed by atoms with Crippen LogP contribution in [0.2, 0.25) is 0 Å². The summed E-state index contributed by atoms with van der Waals surface area (Å²) in [6, 6.07) is 12.1. The highest BCUT2D eigenvalue weighted by atomic mass is 19.4. The van der Waals surface area contributed by atoms with Crippen LogP contribution in [0.3, 0.4) is 0 Å². The molecule has 0 aliphatic rings. The monoisotopic (exact) mass is 351 g/mol. The van der Waals surface area contributed by atoms with E-state index in [1.54, 1.807) is 0 Å². The molecule has 2 rings (SSSR count). The maximum atomic E-state index is 12.8. The van der Waals surface area contributed by atoms with Gasteiger partial charge in [-0.2, -0.15) is 13.2 Å². The fraction of sp³-hybridized carbons (Fsp3) is 0.333. The van der Waals surface area contributed by atoms with Crippen LogP contribution in [-0.2, 0) is 17.4 Å². The Morgan fingerprint density at radius 1 is 1.04 bits per heavy atom. The van der Waals surface area contributed by atoms with Crippen LogP contribution in [0.15, 0.2) is 48.7 Å². The van der Waals surface area contributed by atoms with Gasteiger partial charge in [0.1, 0.15) is 5.82 Å². The molecule has 4 nitrogen and oxygen atoms in total. The van der Waals surface area contributed by atoms with Crippen molar-refractivity contribution >= 4 is 11.7 Å². The lowest BCUT2D eigenvalue weighted by atomic mass is 10.1. The summed E-state index contributed by atoms with van der Waals surface area (Å²) in [5, 5.41) is 5.30. The van der Waals surface area contributed by atoms with Gasteiger partial charge >= 0.3 is 6.18 Å². The topological polar surface area (TPSA) is 54.0 Å². The molecule has 25 heavy (non-hydrogen) atoms. The van der Waals surface area contributed by atoms with Crippen LogP contribution < -0.4 is 10.6 Å². The predicted octanol–water partition coefficient (Wildman–Crippen LogP) is 3.65. The molecule has 0 saturated carbocycles. The van der Waals surface area contributed by atoms with Gasteiger partial charge in [-0.3, -0.25) is 4.79 Å². The summed E-state index contributed by atoms with van der Waals surface area (Å²) >= 11 is 0. The van der Waals surface area contributed by atoms with Crippen LogP contribution in [-0.4, -0.2) is 24.0 Å². The average Bonchev–Trinajstić information content (AvgIpc) is 2.59. The van der Waals surface area contributed by atoms with Crippen molar-refractivity contribution in [1.82, 2.24) is 10.3 Å². The lowest BCUT2D eigenvalue weighted by molar-refractivity contribution is -0.137. The molecule has 7 heteroatoms. The molecule has 1 aromatic carbocycles. The fourth-order valence-corrected chi connectivity index (χ4v) is 2.34. The van der Waals surface area contributed by atoms with Crippen molar-refractivity contribution < 1.29 is 18.0 Å². The Balaban J connectivity index is 1.67. The number of aromatic nitrogens is 1. The highest BCUT2D eigenvalue weighted by Gasteiger charge is 2.33. The summed E-state index contributed by atoms with van der Waals surface area (Å²) in [5.41, 5.74) is 0.357. The third-order valence-corrected chi connectivity index (χ3v) is 3.56. The van der Waals surface area contributed by atoms with Gasteiger partial charge in [0.15, 0.2) is 0 Å². The molecular formula is C18H20F3N3O. The van der Waals surface area contributed by atoms with Crippen LogP contribution in [0.1, 0.15) is 24.0 Å². The van der Waals surface area contributed by atoms with E-state index in [4.69, 9.17) is 0 Å². The number of benzene rings is 1. The first-order valence-corrected chi connectivity index (χ1v) is 8.03. The van der Waals surface area contributed by atoms with E-state index in [0.29, 0.717) is 6.42 Å². The number of halogens is 3. The number of nitrogens with zero attached hydrogens (tertiary/aromatic N) is 1. The average molecular weight is 351 g/mol. The molecule has 134 valence electrons. The molecular weight excluding hydrogens is 331 g/mol. The quantitative estimate of drug-likeness (QED) is 0.714. The predicted molar refractivity (Wildman–Crippen MR) is 90.1 cm³/mol. The van der Waals surface area contributed by atoms with Crippen molar-refractivity contribution in [3.05, 3.63) is 59.8 Å². The number of anilines is 1. The largest absolute Gasteiger partial charge is 0.419 e. The zero-order chi connectivity index (χ0) is 18.1. The van der Waals surface area contributed by atoms with Crippen LogP contribution in [0.5, 0.6) is 0 Å². The third kappa shape index (κ3) is 6.45. The van der Waals surface area contributed by atoms with E-state index in [-0.39, 0.29) is 24.8 Å². The summed E-state index contributed by atoms with van der Waals surface area (Å²) in [7, 11) is 0. The first kappa shape index (κ1) is 18.8. The molecule has 1 amide bonds. The summed E-state index contributed by atoms with van der Waals surface area (Å²) in [6.07, 6.45) is -1.25. The molecule has 0 atom stereocenters.